The first-order valence-corrected chi connectivity index (χ1v) is 4.92. The molecule has 0 aliphatic heterocycles. The van der Waals surface area contributed by atoms with Crippen molar-refractivity contribution in [2.24, 2.45) is 0 Å². The molecule has 0 radical (unpaired) electrons. The van der Waals surface area contributed by atoms with Crippen molar-refractivity contribution in [3.05, 3.63) is 18.1 Å². The van der Waals surface area contributed by atoms with Gasteiger partial charge >= 0.3 is 7.60 Å². The van der Waals surface area contributed by atoms with Gasteiger partial charge in [-0.2, -0.15) is 0 Å². The lowest BCUT2D eigenvalue weighted by Crippen LogP contribution is -1.94. The summed E-state index contributed by atoms with van der Waals surface area (Å²) in [7, 11) is -3.34. The minimum Gasteiger partial charge on any atom is -0.292 e. The molecule has 68 valence electrons. The molecule has 0 saturated carbocycles. The molecule has 0 rings (SSSR count). The van der Waals surface area contributed by atoms with Crippen LogP contribution in [0.5, 0.6) is 0 Å². The highest BCUT2D eigenvalue weighted by molar-refractivity contribution is 7.57. The summed E-state index contributed by atoms with van der Waals surface area (Å²) in [4.78, 5) is 0. The molecule has 0 aliphatic carbocycles. The third-order valence-corrected chi connectivity index (χ3v) is 2.38. The summed E-state index contributed by atoms with van der Waals surface area (Å²) < 4.78 is 21.1. The van der Waals surface area contributed by atoms with Gasteiger partial charge in [0.05, 0.1) is 5.82 Å². The van der Waals surface area contributed by atoms with Gasteiger partial charge in [-0.3, -0.25) is 13.6 Å². The van der Waals surface area contributed by atoms with E-state index >= 15 is 0 Å². The minimum absolute atomic E-state index is 0.111. The molecule has 0 N–H and O–H groups in total. The first kappa shape index (κ1) is 11.8. The largest absolute Gasteiger partial charge is 0.363 e. The van der Waals surface area contributed by atoms with Gasteiger partial charge in [-0.05, 0) is 0 Å². The Bertz CT molecular complexity index is 304. The van der Waals surface area contributed by atoms with Crippen molar-refractivity contribution < 1.29 is 13.6 Å². The Morgan fingerprint density at radius 3 is 2.08 bits per heavy atom. The van der Waals surface area contributed by atoms with Crippen molar-refractivity contribution in [1.82, 2.24) is 0 Å². The van der Waals surface area contributed by atoms with E-state index in [9.17, 15) is 4.57 Å². The van der Waals surface area contributed by atoms with Crippen LogP contribution in [0, 0.1) is 24.7 Å². The van der Waals surface area contributed by atoms with Crippen LogP contribution in [0.15, 0.2) is 18.1 Å². The fourth-order valence-electron chi connectivity index (χ4n) is 0.478. The van der Waals surface area contributed by atoms with Gasteiger partial charge in [0.15, 0.2) is 0 Å². The molecule has 0 aromatic heterocycles. The summed E-state index contributed by atoms with van der Waals surface area (Å²) in [5.74, 6) is 5.41. The molecule has 0 aromatic carbocycles. The van der Waals surface area contributed by atoms with E-state index in [1.807, 2.05) is 0 Å². The van der Waals surface area contributed by atoms with Crippen LogP contribution in [0.2, 0.25) is 0 Å². The predicted octanol–water partition coefficient (Wildman–Crippen LogP) is 1.78. The molecular weight excluding hydrogens is 187 g/mol. The van der Waals surface area contributed by atoms with Crippen LogP contribution in [0.25, 0.3) is 0 Å². The van der Waals surface area contributed by atoms with Crippen LogP contribution >= 0.6 is 7.60 Å². The first-order chi connectivity index (χ1) is 6.18. The Hall–Kier alpha value is -1.21. The quantitative estimate of drug-likeness (QED) is 0.382. The maximum absolute atomic E-state index is 11.5. The molecule has 3 nitrogen and oxygen atoms in total. The second-order valence-corrected chi connectivity index (χ2v) is 3.68. The number of terminal acetylenes is 2. The fraction of sp³-hybridized carbons (Fsp3) is 0.222. The Kier molecular flexibility index (Phi) is 5.73. The van der Waals surface area contributed by atoms with E-state index in [0.29, 0.717) is 0 Å². The lowest BCUT2D eigenvalue weighted by molar-refractivity contribution is 0.252. The summed E-state index contributed by atoms with van der Waals surface area (Å²) in [6.07, 6.45) is 9.84. The average molecular weight is 196 g/mol. The monoisotopic (exact) mass is 196 g/mol. The van der Waals surface area contributed by atoms with E-state index in [1.165, 1.54) is 0 Å². The zero-order chi connectivity index (χ0) is 10.2. The van der Waals surface area contributed by atoms with Gasteiger partial charge in [0.25, 0.3) is 0 Å². The van der Waals surface area contributed by atoms with Crippen molar-refractivity contribution in [2.75, 3.05) is 13.2 Å². The van der Waals surface area contributed by atoms with Crippen LogP contribution < -0.4 is 0 Å². The maximum Gasteiger partial charge on any atom is 0.363 e. The Morgan fingerprint density at radius 1 is 1.31 bits per heavy atom. The second kappa shape index (κ2) is 6.32. The Labute approximate surface area is 78.0 Å². The normalized spacial score (nSPS) is 9.38. The molecular formula is C9H9O3P. The standard InChI is InChI=1S/C9H9O3P/c1-4-7-11-13(10,9-6-3)12-8-5-2/h1-2,9H,3,7-8H2. The SMILES string of the molecule is C#CCOP(=O)(C=C=C)OCC#C. The topological polar surface area (TPSA) is 35.5 Å². The van der Waals surface area contributed by atoms with Crippen LogP contribution in [-0.2, 0) is 13.6 Å². The number of hydrogen-bond donors (Lipinski definition) is 0. The zero-order valence-electron chi connectivity index (χ0n) is 7.03. The molecule has 0 heterocycles. The average Bonchev–Trinajstić information content (AvgIpc) is 2.12. The highest BCUT2D eigenvalue weighted by atomic mass is 31.2. The summed E-state index contributed by atoms with van der Waals surface area (Å²) in [6, 6.07) is 0. The van der Waals surface area contributed by atoms with Gasteiger partial charge in [-0.25, -0.2) is 0 Å². The van der Waals surface area contributed by atoms with Gasteiger partial charge in [0.2, 0.25) is 0 Å². The van der Waals surface area contributed by atoms with E-state index in [4.69, 9.17) is 21.9 Å². The summed E-state index contributed by atoms with van der Waals surface area (Å²) in [6.45, 7) is 3.02. The van der Waals surface area contributed by atoms with Gasteiger partial charge in [0.1, 0.15) is 13.2 Å². The molecule has 0 unspecified atom stereocenters. The molecule has 0 spiro atoms. The molecule has 13 heavy (non-hydrogen) atoms. The predicted molar refractivity (Wildman–Crippen MR) is 50.9 cm³/mol. The van der Waals surface area contributed by atoms with Crippen LogP contribution in [0.3, 0.4) is 0 Å². The van der Waals surface area contributed by atoms with E-state index in [0.717, 1.165) is 5.82 Å². The van der Waals surface area contributed by atoms with Crippen LogP contribution in [-0.4, -0.2) is 13.2 Å². The molecule has 0 aromatic rings. The smallest absolute Gasteiger partial charge is 0.292 e. The fourth-order valence-corrected chi connectivity index (χ4v) is 1.43. The Morgan fingerprint density at radius 2 is 1.77 bits per heavy atom. The Balaban J connectivity index is 4.37. The lowest BCUT2D eigenvalue weighted by Gasteiger charge is -2.10. The lowest BCUT2D eigenvalue weighted by atomic mass is 10.8. The van der Waals surface area contributed by atoms with Gasteiger partial charge in [-0.1, -0.05) is 18.4 Å². The molecule has 0 fully saturated rings. The van der Waals surface area contributed by atoms with Crippen molar-refractivity contribution in [3.8, 4) is 24.7 Å². The molecule has 0 atom stereocenters. The van der Waals surface area contributed by atoms with Crippen molar-refractivity contribution in [2.45, 2.75) is 0 Å². The molecule has 0 aliphatic rings. The van der Waals surface area contributed by atoms with Crippen LogP contribution in [0.1, 0.15) is 0 Å². The van der Waals surface area contributed by atoms with Gasteiger partial charge < -0.3 is 0 Å². The van der Waals surface area contributed by atoms with E-state index in [1.54, 1.807) is 0 Å². The van der Waals surface area contributed by atoms with E-state index < -0.39 is 7.60 Å². The highest BCUT2D eigenvalue weighted by Gasteiger charge is 2.19. The van der Waals surface area contributed by atoms with Crippen molar-refractivity contribution >= 4 is 7.60 Å². The molecule has 0 saturated heterocycles. The van der Waals surface area contributed by atoms with Crippen molar-refractivity contribution in [1.29, 1.82) is 0 Å². The maximum atomic E-state index is 11.5. The van der Waals surface area contributed by atoms with Crippen molar-refractivity contribution in [3.63, 3.8) is 0 Å². The third kappa shape index (κ3) is 5.10. The van der Waals surface area contributed by atoms with Gasteiger partial charge in [0, 0.05) is 0 Å². The summed E-state index contributed by atoms with van der Waals surface area (Å²) in [5, 5.41) is 0. The number of rotatable bonds is 5. The number of hydrogen-bond acceptors (Lipinski definition) is 3. The first-order valence-electron chi connectivity index (χ1n) is 3.31. The van der Waals surface area contributed by atoms with Crippen LogP contribution in [0.4, 0.5) is 0 Å². The second-order valence-electron chi connectivity index (χ2n) is 1.83. The summed E-state index contributed by atoms with van der Waals surface area (Å²) in [5.41, 5.74) is 2.30. The summed E-state index contributed by atoms with van der Waals surface area (Å²) >= 11 is 0. The van der Waals surface area contributed by atoms with E-state index in [-0.39, 0.29) is 13.2 Å². The molecule has 0 bridgehead atoms. The zero-order valence-corrected chi connectivity index (χ0v) is 7.92. The van der Waals surface area contributed by atoms with Gasteiger partial charge in [-0.15, -0.1) is 18.6 Å². The van der Waals surface area contributed by atoms with E-state index in [2.05, 4.69) is 24.2 Å². The molecule has 0 amide bonds. The minimum atomic E-state index is -3.34. The molecule has 4 heteroatoms. The highest BCUT2D eigenvalue weighted by Crippen LogP contribution is 2.48. The third-order valence-electron chi connectivity index (χ3n) is 0.905.